The summed E-state index contributed by atoms with van der Waals surface area (Å²) in [5, 5.41) is 5.57. The Kier molecular flexibility index (Phi) is 3.33. The molecule has 1 atom stereocenters. The van der Waals surface area contributed by atoms with E-state index in [1.54, 1.807) is 7.11 Å². The molecule has 0 aliphatic carbocycles. The molecule has 1 aromatic carbocycles. The fourth-order valence-electron chi connectivity index (χ4n) is 1.91. The minimum Gasteiger partial charge on any atom is -0.486 e. The molecule has 0 radical (unpaired) electrons. The second-order valence-electron chi connectivity index (χ2n) is 4.33. The van der Waals surface area contributed by atoms with Crippen molar-refractivity contribution in [1.82, 2.24) is 9.78 Å². The maximum atomic E-state index is 5.84. The number of benzene rings is 1. The molecule has 0 amide bonds. The molecule has 1 heterocycles. The van der Waals surface area contributed by atoms with E-state index in [4.69, 9.17) is 9.47 Å². The molecule has 0 unspecified atom stereocenters. The van der Waals surface area contributed by atoms with E-state index in [-0.39, 0.29) is 6.10 Å². The first-order chi connectivity index (χ1) is 8.11. The Bertz CT molecular complexity index is 519. The second-order valence-corrected chi connectivity index (χ2v) is 4.33. The number of aryl methyl sites for hydroxylation is 2. The maximum absolute atomic E-state index is 5.84. The first kappa shape index (κ1) is 11.9. The molecular formula is C13H18N2O2. The van der Waals surface area contributed by atoms with E-state index in [1.807, 2.05) is 30.9 Å². The highest BCUT2D eigenvalue weighted by molar-refractivity contribution is 5.87. The molecule has 17 heavy (non-hydrogen) atoms. The van der Waals surface area contributed by atoms with Gasteiger partial charge in [0.2, 0.25) is 0 Å². The minimum absolute atomic E-state index is 0.0212. The topological polar surface area (TPSA) is 36.3 Å². The summed E-state index contributed by atoms with van der Waals surface area (Å²) in [4.78, 5) is 0. The molecule has 0 aliphatic rings. The average molecular weight is 234 g/mol. The third-order valence-corrected chi connectivity index (χ3v) is 2.70. The maximum Gasteiger partial charge on any atom is 0.147 e. The van der Waals surface area contributed by atoms with Gasteiger partial charge in [-0.2, -0.15) is 5.10 Å². The predicted molar refractivity (Wildman–Crippen MR) is 67.4 cm³/mol. The van der Waals surface area contributed by atoms with Crippen LogP contribution in [0.2, 0.25) is 0 Å². The third-order valence-electron chi connectivity index (χ3n) is 2.70. The summed E-state index contributed by atoms with van der Waals surface area (Å²) in [5.41, 5.74) is 2.12. The standard InChI is InChI=1S/C13H18N2O2/c1-9-5-6-12(17-10(2)8-16-4)13-11(9)7-15(3)14-13/h5-7,10H,8H2,1-4H3/t10-/m0/s1. The molecule has 0 fully saturated rings. The van der Waals surface area contributed by atoms with Gasteiger partial charge in [-0.25, -0.2) is 0 Å². The molecule has 2 rings (SSSR count). The molecule has 4 heteroatoms. The monoisotopic (exact) mass is 234 g/mol. The Hall–Kier alpha value is -1.55. The van der Waals surface area contributed by atoms with E-state index in [0.29, 0.717) is 6.61 Å². The number of ether oxygens (including phenoxy) is 2. The number of aromatic nitrogens is 2. The highest BCUT2D eigenvalue weighted by Gasteiger charge is 2.11. The van der Waals surface area contributed by atoms with Crippen molar-refractivity contribution in [1.29, 1.82) is 0 Å². The van der Waals surface area contributed by atoms with Gasteiger partial charge in [-0.1, -0.05) is 6.07 Å². The van der Waals surface area contributed by atoms with Crippen LogP contribution >= 0.6 is 0 Å². The highest BCUT2D eigenvalue weighted by atomic mass is 16.5. The van der Waals surface area contributed by atoms with E-state index >= 15 is 0 Å². The van der Waals surface area contributed by atoms with Crippen LogP contribution in [0.15, 0.2) is 18.3 Å². The van der Waals surface area contributed by atoms with Gasteiger partial charge in [-0.05, 0) is 25.5 Å². The summed E-state index contributed by atoms with van der Waals surface area (Å²) in [7, 11) is 3.59. The minimum atomic E-state index is 0.0212. The molecule has 0 saturated carbocycles. The van der Waals surface area contributed by atoms with Crippen LogP contribution in [0.1, 0.15) is 12.5 Å². The lowest BCUT2D eigenvalue weighted by Crippen LogP contribution is -2.18. The summed E-state index contributed by atoms with van der Waals surface area (Å²) in [6, 6.07) is 4.02. The van der Waals surface area contributed by atoms with Crippen LogP contribution in [0.4, 0.5) is 0 Å². The number of hydrogen-bond acceptors (Lipinski definition) is 3. The van der Waals surface area contributed by atoms with Crippen molar-refractivity contribution >= 4 is 10.9 Å². The van der Waals surface area contributed by atoms with Crippen molar-refractivity contribution in [2.75, 3.05) is 13.7 Å². The zero-order chi connectivity index (χ0) is 12.4. The van der Waals surface area contributed by atoms with Crippen molar-refractivity contribution in [2.24, 2.45) is 7.05 Å². The van der Waals surface area contributed by atoms with E-state index < -0.39 is 0 Å². The first-order valence-corrected chi connectivity index (χ1v) is 5.70. The third kappa shape index (κ3) is 2.42. The molecule has 0 aliphatic heterocycles. The summed E-state index contributed by atoms with van der Waals surface area (Å²) < 4.78 is 12.7. The SMILES string of the molecule is COC[C@H](C)Oc1ccc(C)c2cn(C)nc12. The average Bonchev–Trinajstić information content (AvgIpc) is 2.66. The van der Waals surface area contributed by atoms with Crippen molar-refractivity contribution in [3.63, 3.8) is 0 Å². The number of rotatable bonds is 4. The van der Waals surface area contributed by atoms with Gasteiger partial charge in [0.25, 0.3) is 0 Å². The largest absolute Gasteiger partial charge is 0.486 e. The fourth-order valence-corrected chi connectivity index (χ4v) is 1.91. The van der Waals surface area contributed by atoms with E-state index in [2.05, 4.69) is 18.1 Å². The van der Waals surface area contributed by atoms with Gasteiger partial charge in [0.15, 0.2) is 0 Å². The second kappa shape index (κ2) is 4.75. The van der Waals surface area contributed by atoms with Crippen LogP contribution in [0.25, 0.3) is 10.9 Å². The quantitative estimate of drug-likeness (QED) is 0.814. The Morgan fingerprint density at radius 2 is 2.18 bits per heavy atom. The van der Waals surface area contributed by atoms with Gasteiger partial charge in [0.1, 0.15) is 17.4 Å². The number of nitrogens with zero attached hydrogens (tertiary/aromatic N) is 2. The smallest absolute Gasteiger partial charge is 0.147 e. The van der Waals surface area contributed by atoms with Gasteiger partial charge < -0.3 is 9.47 Å². The van der Waals surface area contributed by atoms with E-state index in [9.17, 15) is 0 Å². The molecule has 0 saturated heterocycles. The lowest BCUT2D eigenvalue weighted by atomic mass is 10.1. The summed E-state index contributed by atoms with van der Waals surface area (Å²) >= 11 is 0. The van der Waals surface area contributed by atoms with E-state index in [0.717, 1.165) is 16.7 Å². The summed E-state index contributed by atoms with van der Waals surface area (Å²) in [5.74, 6) is 0.816. The van der Waals surface area contributed by atoms with Gasteiger partial charge >= 0.3 is 0 Å². The van der Waals surface area contributed by atoms with Crippen LogP contribution in [0.3, 0.4) is 0 Å². The van der Waals surface area contributed by atoms with Crippen LogP contribution in [-0.2, 0) is 11.8 Å². The van der Waals surface area contributed by atoms with Crippen LogP contribution < -0.4 is 4.74 Å². The first-order valence-electron chi connectivity index (χ1n) is 5.70. The van der Waals surface area contributed by atoms with Crippen molar-refractivity contribution in [2.45, 2.75) is 20.0 Å². The normalized spacial score (nSPS) is 12.9. The molecule has 0 spiro atoms. The molecule has 4 nitrogen and oxygen atoms in total. The predicted octanol–water partition coefficient (Wildman–Crippen LogP) is 2.30. The van der Waals surface area contributed by atoms with Gasteiger partial charge in [-0.3, -0.25) is 4.68 Å². The zero-order valence-corrected chi connectivity index (χ0v) is 10.7. The number of methoxy groups -OCH3 is 1. The Morgan fingerprint density at radius 1 is 1.41 bits per heavy atom. The van der Waals surface area contributed by atoms with Crippen LogP contribution in [-0.4, -0.2) is 29.6 Å². The molecule has 92 valence electrons. The van der Waals surface area contributed by atoms with Crippen LogP contribution in [0, 0.1) is 6.92 Å². The Balaban J connectivity index is 2.37. The van der Waals surface area contributed by atoms with Gasteiger partial charge in [-0.15, -0.1) is 0 Å². The summed E-state index contributed by atoms with van der Waals surface area (Å²) in [6.45, 7) is 4.63. The number of fused-ring (bicyclic) bond motifs is 1. The molecule has 2 aromatic rings. The van der Waals surface area contributed by atoms with Crippen molar-refractivity contribution in [3.05, 3.63) is 23.9 Å². The Morgan fingerprint density at radius 3 is 2.88 bits per heavy atom. The molecule has 0 bridgehead atoms. The van der Waals surface area contributed by atoms with Gasteiger partial charge in [0, 0.05) is 25.7 Å². The highest BCUT2D eigenvalue weighted by Crippen LogP contribution is 2.27. The zero-order valence-electron chi connectivity index (χ0n) is 10.7. The lowest BCUT2D eigenvalue weighted by molar-refractivity contribution is 0.0929. The Labute approximate surface area is 101 Å². The molecule has 0 N–H and O–H groups in total. The van der Waals surface area contributed by atoms with Crippen molar-refractivity contribution < 1.29 is 9.47 Å². The lowest BCUT2D eigenvalue weighted by Gasteiger charge is -2.14. The number of hydrogen-bond donors (Lipinski definition) is 0. The summed E-state index contributed by atoms with van der Waals surface area (Å²) in [6.07, 6.45) is 2.03. The van der Waals surface area contributed by atoms with Gasteiger partial charge in [0.05, 0.1) is 6.61 Å². The molecule has 1 aromatic heterocycles. The molecular weight excluding hydrogens is 216 g/mol. The van der Waals surface area contributed by atoms with E-state index in [1.165, 1.54) is 5.56 Å². The fraction of sp³-hybridized carbons (Fsp3) is 0.462. The van der Waals surface area contributed by atoms with Crippen LogP contribution in [0.5, 0.6) is 5.75 Å². The van der Waals surface area contributed by atoms with Crippen molar-refractivity contribution in [3.8, 4) is 5.75 Å².